The van der Waals surface area contributed by atoms with Crippen LogP contribution in [0, 0.1) is 5.92 Å². The number of esters is 1. The average molecular weight is 296 g/mol. The Kier molecular flexibility index (Phi) is 8.28. The first kappa shape index (κ1) is 17.9. The third-order valence-electron chi connectivity index (χ3n) is 4.12. The van der Waals surface area contributed by atoms with Gasteiger partial charge in [0.25, 0.3) is 0 Å². The van der Waals surface area contributed by atoms with Crippen LogP contribution in [0.25, 0.3) is 0 Å². The number of methoxy groups -OCH3 is 1. The fourth-order valence-electron chi connectivity index (χ4n) is 2.78. The molecule has 1 rings (SSSR count). The number of Topliss-reactive ketones (excluding diaryl/α,β-unsaturated/α-hetero) is 1. The summed E-state index contributed by atoms with van der Waals surface area (Å²) in [6, 6.07) is 0. The monoisotopic (exact) mass is 296 g/mol. The summed E-state index contributed by atoms with van der Waals surface area (Å²) in [7, 11) is 1.40. The van der Waals surface area contributed by atoms with Crippen LogP contribution in [0.5, 0.6) is 0 Å². The first-order valence-electron chi connectivity index (χ1n) is 8.08. The van der Waals surface area contributed by atoms with Gasteiger partial charge in [0.15, 0.2) is 5.78 Å². The lowest BCUT2D eigenvalue weighted by atomic mass is 9.97. The molecule has 120 valence electrons. The number of hydrogen-bond donors (Lipinski definition) is 1. The summed E-state index contributed by atoms with van der Waals surface area (Å²) in [6.45, 7) is 2.09. The summed E-state index contributed by atoms with van der Waals surface area (Å²) < 4.78 is 4.58. The van der Waals surface area contributed by atoms with E-state index >= 15 is 0 Å². The first-order valence-corrected chi connectivity index (χ1v) is 8.08. The lowest BCUT2D eigenvalue weighted by Gasteiger charge is -2.10. The molecule has 2 atom stereocenters. The molecular weight excluding hydrogens is 268 g/mol. The summed E-state index contributed by atoms with van der Waals surface area (Å²) in [5, 5.41) is 9.97. The van der Waals surface area contributed by atoms with Crippen LogP contribution in [0.4, 0.5) is 0 Å². The number of allylic oxidation sites excluding steroid dienone is 1. The highest BCUT2D eigenvalue weighted by Gasteiger charge is 2.36. The number of hydrogen-bond acceptors (Lipinski definition) is 4. The molecule has 4 heteroatoms. The van der Waals surface area contributed by atoms with Crippen molar-refractivity contribution >= 4 is 11.8 Å². The second-order valence-electron chi connectivity index (χ2n) is 5.79. The third-order valence-corrected chi connectivity index (χ3v) is 4.12. The first-order chi connectivity index (χ1) is 10.1. The minimum atomic E-state index is -0.491. The second-order valence-corrected chi connectivity index (χ2v) is 5.79. The van der Waals surface area contributed by atoms with Gasteiger partial charge >= 0.3 is 5.97 Å². The van der Waals surface area contributed by atoms with E-state index in [0.717, 1.165) is 50.5 Å². The zero-order chi connectivity index (χ0) is 15.7. The fraction of sp³-hybridized carbons (Fsp3) is 0.765. The van der Waals surface area contributed by atoms with E-state index in [1.54, 1.807) is 0 Å². The molecule has 2 unspecified atom stereocenters. The molecule has 0 aromatic rings. The van der Waals surface area contributed by atoms with Crippen molar-refractivity contribution in [3.05, 3.63) is 11.6 Å². The summed E-state index contributed by atoms with van der Waals surface area (Å²) in [5.41, 5.74) is 0.802. The van der Waals surface area contributed by atoms with E-state index in [1.165, 1.54) is 7.11 Å². The van der Waals surface area contributed by atoms with Crippen molar-refractivity contribution < 1.29 is 19.4 Å². The largest absolute Gasteiger partial charge is 0.469 e. The molecular formula is C17H28O4. The maximum Gasteiger partial charge on any atom is 0.305 e. The van der Waals surface area contributed by atoms with Gasteiger partial charge in [-0.3, -0.25) is 9.59 Å². The van der Waals surface area contributed by atoms with Gasteiger partial charge in [0.2, 0.25) is 0 Å². The van der Waals surface area contributed by atoms with E-state index < -0.39 is 6.10 Å². The molecule has 0 aromatic heterocycles. The molecule has 21 heavy (non-hydrogen) atoms. The van der Waals surface area contributed by atoms with Crippen LogP contribution < -0.4 is 0 Å². The molecule has 0 heterocycles. The highest BCUT2D eigenvalue weighted by Crippen LogP contribution is 2.31. The molecule has 0 saturated heterocycles. The number of carbonyl (C=O) groups excluding carboxylic acids is 2. The van der Waals surface area contributed by atoms with Gasteiger partial charge in [-0.25, -0.2) is 0 Å². The van der Waals surface area contributed by atoms with Crippen molar-refractivity contribution in [2.75, 3.05) is 7.11 Å². The zero-order valence-corrected chi connectivity index (χ0v) is 13.3. The van der Waals surface area contributed by atoms with Crippen LogP contribution in [-0.4, -0.2) is 30.1 Å². The summed E-state index contributed by atoms with van der Waals surface area (Å²) in [5.74, 6) is -0.206. The maximum atomic E-state index is 12.2. The molecule has 1 fully saturated rings. The van der Waals surface area contributed by atoms with Gasteiger partial charge < -0.3 is 9.84 Å². The average Bonchev–Trinajstić information content (AvgIpc) is 2.74. The number of carbonyl (C=O) groups is 2. The van der Waals surface area contributed by atoms with Crippen molar-refractivity contribution in [2.45, 2.75) is 70.8 Å². The number of ketones is 1. The SMILES string of the molecule is CCCCC1C(=O)C(=CCCCCCC(=O)OC)CC1O. The second kappa shape index (κ2) is 9.72. The third kappa shape index (κ3) is 6.00. The smallest absolute Gasteiger partial charge is 0.305 e. The number of unbranched alkanes of at least 4 members (excludes halogenated alkanes) is 4. The van der Waals surface area contributed by atoms with Crippen LogP contribution in [0.1, 0.15) is 64.7 Å². The Labute approximate surface area is 127 Å². The standard InChI is InChI=1S/C17H28O4/c1-3-4-10-14-15(18)12-13(17(14)20)9-7-5-6-8-11-16(19)21-2/h9,14-15,18H,3-8,10-12H2,1-2H3. The van der Waals surface area contributed by atoms with Crippen molar-refractivity contribution in [3.63, 3.8) is 0 Å². The van der Waals surface area contributed by atoms with Gasteiger partial charge in [-0.15, -0.1) is 0 Å². The van der Waals surface area contributed by atoms with E-state index in [9.17, 15) is 14.7 Å². The van der Waals surface area contributed by atoms with Gasteiger partial charge in [-0.1, -0.05) is 32.3 Å². The number of aliphatic hydroxyl groups excluding tert-OH is 1. The van der Waals surface area contributed by atoms with Gasteiger partial charge in [0.1, 0.15) is 0 Å². The van der Waals surface area contributed by atoms with Crippen molar-refractivity contribution in [1.29, 1.82) is 0 Å². The molecule has 1 aliphatic rings. The molecule has 0 spiro atoms. The number of aliphatic hydroxyl groups is 1. The summed E-state index contributed by atoms with van der Waals surface area (Å²) in [4.78, 5) is 23.1. The normalized spacial score (nSPS) is 23.8. The maximum absolute atomic E-state index is 12.2. The van der Waals surface area contributed by atoms with Crippen molar-refractivity contribution in [2.24, 2.45) is 5.92 Å². The highest BCUT2D eigenvalue weighted by atomic mass is 16.5. The van der Waals surface area contributed by atoms with Gasteiger partial charge in [-0.2, -0.15) is 0 Å². The Morgan fingerprint density at radius 1 is 1.33 bits per heavy atom. The van der Waals surface area contributed by atoms with Crippen molar-refractivity contribution in [3.8, 4) is 0 Å². The number of ether oxygens (including phenoxy) is 1. The van der Waals surface area contributed by atoms with Crippen LogP contribution in [0.2, 0.25) is 0 Å². The van der Waals surface area contributed by atoms with E-state index in [-0.39, 0.29) is 17.7 Å². The lowest BCUT2D eigenvalue weighted by molar-refractivity contribution is -0.140. The molecule has 1 N–H and O–H groups in total. The Morgan fingerprint density at radius 3 is 2.76 bits per heavy atom. The van der Waals surface area contributed by atoms with E-state index in [4.69, 9.17) is 0 Å². The molecule has 0 aliphatic heterocycles. The molecule has 4 nitrogen and oxygen atoms in total. The predicted molar refractivity (Wildman–Crippen MR) is 81.8 cm³/mol. The summed E-state index contributed by atoms with van der Waals surface area (Å²) in [6.07, 6.45) is 8.89. The molecule has 1 saturated carbocycles. The lowest BCUT2D eigenvalue weighted by Crippen LogP contribution is -2.18. The highest BCUT2D eigenvalue weighted by molar-refractivity contribution is 6.00. The quantitative estimate of drug-likeness (QED) is 0.403. The molecule has 0 amide bonds. The predicted octanol–water partition coefficient (Wildman–Crippen LogP) is 3.18. The van der Waals surface area contributed by atoms with Gasteiger partial charge in [-0.05, 0) is 31.3 Å². The molecule has 0 bridgehead atoms. The van der Waals surface area contributed by atoms with Gasteiger partial charge in [0.05, 0.1) is 13.2 Å². The Balaban J connectivity index is 2.27. The van der Waals surface area contributed by atoms with Crippen LogP contribution in [-0.2, 0) is 14.3 Å². The molecule has 0 aromatic carbocycles. The minimum Gasteiger partial charge on any atom is -0.469 e. The minimum absolute atomic E-state index is 0.144. The van der Waals surface area contributed by atoms with Crippen LogP contribution in [0.15, 0.2) is 11.6 Å². The van der Waals surface area contributed by atoms with Crippen LogP contribution >= 0.6 is 0 Å². The zero-order valence-electron chi connectivity index (χ0n) is 13.3. The summed E-state index contributed by atoms with van der Waals surface area (Å²) >= 11 is 0. The van der Waals surface area contributed by atoms with Crippen LogP contribution in [0.3, 0.4) is 0 Å². The van der Waals surface area contributed by atoms with E-state index in [0.29, 0.717) is 12.8 Å². The fourth-order valence-corrected chi connectivity index (χ4v) is 2.78. The van der Waals surface area contributed by atoms with E-state index in [2.05, 4.69) is 11.7 Å². The number of rotatable bonds is 9. The Hall–Kier alpha value is -1.16. The Bertz CT molecular complexity index is 373. The Morgan fingerprint density at radius 2 is 2.10 bits per heavy atom. The van der Waals surface area contributed by atoms with Crippen molar-refractivity contribution in [1.82, 2.24) is 0 Å². The topological polar surface area (TPSA) is 63.6 Å². The van der Waals surface area contributed by atoms with Gasteiger partial charge in [0, 0.05) is 18.8 Å². The molecule has 0 radical (unpaired) electrons. The molecule has 1 aliphatic carbocycles. The van der Waals surface area contributed by atoms with E-state index in [1.807, 2.05) is 6.08 Å².